The summed E-state index contributed by atoms with van der Waals surface area (Å²) < 4.78 is 5.11. The average Bonchev–Trinajstić information content (AvgIpc) is 2.80. The Hall–Kier alpha value is -3.86. The smallest absolute Gasteiger partial charge is 0.330 e. The van der Waals surface area contributed by atoms with Gasteiger partial charge in [0.15, 0.2) is 0 Å². The molecule has 0 aliphatic heterocycles. The lowest BCUT2D eigenvalue weighted by molar-refractivity contribution is -0.137. The zero-order chi connectivity index (χ0) is 22.8. The molecular formula is C27H28N2O3. The molecule has 0 aromatic heterocycles. The first-order chi connectivity index (χ1) is 15.5. The van der Waals surface area contributed by atoms with E-state index in [2.05, 4.69) is 5.32 Å². The van der Waals surface area contributed by atoms with Gasteiger partial charge < -0.3 is 15.8 Å². The summed E-state index contributed by atoms with van der Waals surface area (Å²) in [5.74, 6) is -0.528. The summed E-state index contributed by atoms with van der Waals surface area (Å²) in [5, 5.41) is 2.88. The number of nitrogens with one attached hydrogen (secondary N) is 1. The highest BCUT2D eigenvalue weighted by atomic mass is 16.5. The molecule has 0 radical (unpaired) electrons. The van der Waals surface area contributed by atoms with Crippen molar-refractivity contribution in [3.63, 3.8) is 0 Å². The molecule has 0 atom stereocenters. The highest BCUT2D eigenvalue weighted by Gasteiger charge is 2.08. The van der Waals surface area contributed by atoms with Crippen molar-refractivity contribution in [3.8, 4) is 11.1 Å². The van der Waals surface area contributed by atoms with E-state index in [9.17, 15) is 9.59 Å². The predicted octanol–water partition coefficient (Wildman–Crippen LogP) is 5.47. The zero-order valence-corrected chi connectivity index (χ0v) is 18.2. The normalized spacial score (nSPS) is 10.8. The van der Waals surface area contributed by atoms with Crippen molar-refractivity contribution in [2.24, 2.45) is 0 Å². The Morgan fingerprint density at radius 1 is 0.969 bits per heavy atom. The minimum atomic E-state index is -0.365. The van der Waals surface area contributed by atoms with Gasteiger partial charge in [0.2, 0.25) is 5.91 Å². The number of carbonyl (C=O) groups is 2. The summed E-state index contributed by atoms with van der Waals surface area (Å²) >= 11 is 0. The van der Waals surface area contributed by atoms with Crippen LogP contribution in [0.4, 0.5) is 11.4 Å². The molecule has 0 spiro atoms. The van der Waals surface area contributed by atoms with Crippen LogP contribution in [0.1, 0.15) is 30.9 Å². The van der Waals surface area contributed by atoms with E-state index in [1.54, 1.807) is 6.08 Å². The molecule has 3 aromatic rings. The highest BCUT2D eigenvalue weighted by Crippen LogP contribution is 2.27. The van der Waals surface area contributed by atoms with Gasteiger partial charge >= 0.3 is 5.97 Å². The first kappa shape index (κ1) is 22.8. The lowest BCUT2D eigenvalue weighted by atomic mass is 10.0. The first-order valence-electron chi connectivity index (χ1n) is 10.7. The van der Waals surface area contributed by atoms with Crippen molar-refractivity contribution >= 4 is 29.3 Å². The van der Waals surface area contributed by atoms with E-state index in [4.69, 9.17) is 10.5 Å². The van der Waals surface area contributed by atoms with Crippen LogP contribution in [-0.2, 0) is 20.7 Å². The van der Waals surface area contributed by atoms with Crippen LogP contribution in [0, 0.1) is 0 Å². The van der Waals surface area contributed by atoms with Gasteiger partial charge in [-0.15, -0.1) is 0 Å². The van der Waals surface area contributed by atoms with E-state index in [1.165, 1.54) is 6.08 Å². The van der Waals surface area contributed by atoms with Gasteiger partial charge in [0.25, 0.3) is 0 Å². The van der Waals surface area contributed by atoms with E-state index in [0.717, 1.165) is 35.1 Å². The van der Waals surface area contributed by atoms with Crippen LogP contribution < -0.4 is 11.1 Å². The molecule has 3 aromatic carbocycles. The Morgan fingerprint density at radius 2 is 1.78 bits per heavy atom. The quantitative estimate of drug-likeness (QED) is 0.205. The van der Waals surface area contributed by atoms with Crippen LogP contribution >= 0.6 is 0 Å². The lowest BCUT2D eigenvalue weighted by Gasteiger charge is -2.11. The van der Waals surface area contributed by atoms with Crippen molar-refractivity contribution in [3.05, 3.63) is 90.0 Å². The Bertz CT molecular complexity index is 1090. The molecule has 0 bridgehead atoms. The molecule has 3 N–H and O–H groups in total. The third-order valence-electron chi connectivity index (χ3n) is 4.90. The molecule has 0 unspecified atom stereocenters. The Kier molecular flexibility index (Phi) is 8.21. The summed E-state index contributed by atoms with van der Waals surface area (Å²) in [6.45, 7) is 2.47. The second-order valence-electron chi connectivity index (χ2n) is 7.49. The summed E-state index contributed by atoms with van der Waals surface area (Å²) in [5.41, 5.74) is 11.0. The van der Waals surface area contributed by atoms with Crippen LogP contribution in [0.3, 0.4) is 0 Å². The van der Waals surface area contributed by atoms with Crippen LogP contribution in [0.25, 0.3) is 17.2 Å². The molecule has 1 amide bonds. The molecule has 164 valence electrons. The number of anilines is 2. The summed E-state index contributed by atoms with van der Waals surface area (Å²) in [6, 6.07) is 23.0. The van der Waals surface area contributed by atoms with Gasteiger partial charge in [-0.25, -0.2) is 4.79 Å². The van der Waals surface area contributed by atoms with Crippen molar-refractivity contribution in [1.82, 2.24) is 0 Å². The SMILES string of the molecule is CCCCOC(=O)/C=C/c1cccc(CC(=O)Nc2ccc(-c3ccccc3)cc2N)c1. The first-order valence-corrected chi connectivity index (χ1v) is 10.7. The number of hydrogen-bond acceptors (Lipinski definition) is 4. The second kappa shape index (κ2) is 11.5. The standard InChI is InChI=1S/C27H28N2O3/c1-2-3-16-32-27(31)15-12-20-8-7-9-21(17-20)18-26(30)29-25-14-13-23(19-24(25)28)22-10-5-4-6-11-22/h4-15,17,19H,2-3,16,18,28H2,1H3,(H,29,30)/b15-12+. The van der Waals surface area contributed by atoms with Gasteiger partial charge in [0.05, 0.1) is 24.4 Å². The molecule has 0 fully saturated rings. The number of esters is 1. The number of unbranched alkanes of at least 4 members (excludes halogenated alkanes) is 1. The molecular weight excluding hydrogens is 400 g/mol. The fraction of sp³-hybridized carbons (Fsp3) is 0.185. The number of ether oxygens (including phenoxy) is 1. The van der Waals surface area contributed by atoms with E-state index in [-0.39, 0.29) is 18.3 Å². The van der Waals surface area contributed by atoms with Gasteiger partial charge in [-0.3, -0.25) is 4.79 Å². The van der Waals surface area contributed by atoms with Gasteiger partial charge in [0, 0.05) is 6.08 Å². The number of amides is 1. The van der Waals surface area contributed by atoms with Crippen molar-refractivity contribution in [1.29, 1.82) is 0 Å². The maximum absolute atomic E-state index is 12.6. The molecule has 3 rings (SSSR count). The Morgan fingerprint density at radius 3 is 2.53 bits per heavy atom. The fourth-order valence-electron chi connectivity index (χ4n) is 3.20. The van der Waals surface area contributed by atoms with E-state index in [0.29, 0.717) is 18.0 Å². The van der Waals surface area contributed by atoms with Gasteiger partial charge in [0.1, 0.15) is 0 Å². The molecule has 32 heavy (non-hydrogen) atoms. The third kappa shape index (κ3) is 6.84. The van der Waals surface area contributed by atoms with Crippen molar-refractivity contribution in [2.45, 2.75) is 26.2 Å². The average molecular weight is 429 g/mol. The number of benzene rings is 3. The number of nitrogen functional groups attached to an aromatic ring is 1. The summed E-state index contributed by atoms with van der Waals surface area (Å²) in [7, 11) is 0. The Labute approximate surface area is 188 Å². The maximum Gasteiger partial charge on any atom is 0.330 e. The molecule has 0 aliphatic carbocycles. The number of carbonyl (C=O) groups excluding carboxylic acids is 2. The van der Waals surface area contributed by atoms with Crippen LogP contribution in [-0.4, -0.2) is 18.5 Å². The number of rotatable bonds is 9. The largest absolute Gasteiger partial charge is 0.463 e. The molecule has 5 nitrogen and oxygen atoms in total. The van der Waals surface area contributed by atoms with Crippen LogP contribution in [0.15, 0.2) is 78.9 Å². The van der Waals surface area contributed by atoms with E-state index in [1.807, 2.05) is 79.7 Å². The van der Waals surface area contributed by atoms with Gasteiger partial charge in [-0.05, 0) is 46.9 Å². The summed E-state index contributed by atoms with van der Waals surface area (Å²) in [4.78, 5) is 24.3. The van der Waals surface area contributed by atoms with Crippen LogP contribution in [0.5, 0.6) is 0 Å². The molecule has 0 saturated heterocycles. The molecule has 0 heterocycles. The summed E-state index contributed by atoms with van der Waals surface area (Å²) in [6.07, 6.45) is 5.12. The zero-order valence-electron chi connectivity index (χ0n) is 18.2. The number of nitrogens with two attached hydrogens (primary N) is 1. The van der Waals surface area contributed by atoms with E-state index < -0.39 is 0 Å². The fourth-order valence-corrected chi connectivity index (χ4v) is 3.20. The van der Waals surface area contributed by atoms with Gasteiger partial charge in [-0.1, -0.05) is 74.0 Å². The monoisotopic (exact) mass is 428 g/mol. The minimum Gasteiger partial charge on any atom is -0.463 e. The van der Waals surface area contributed by atoms with Crippen molar-refractivity contribution < 1.29 is 14.3 Å². The van der Waals surface area contributed by atoms with E-state index >= 15 is 0 Å². The Balaban J connectivity index is 1.59. The molecule has 0 aliphatic rings. The number of hydrogen-bond donors (Lipinski definition) is 2. The van der Waals surface area contributed by atoms with Crippen LogP contribution in [0.2, 0.25) is 0 Å². The highest BCUT2D eigenvalue weighted by molar-refractivity contribution is 5.96. The second-order valence-corrected chi connectivity index (χ2v) is 7.49. The molecule has 0 saturated carbocycles. The minimum absolute atomic E-state index is 0.163. The topological polar surface area (TPSA) is 81.4 Å². The lowest BCUT2D eigenvalue weighted by Crippen LogP contribution is -2.15. The third-order valence-corrected chi connectivity index (χ3v) is 4.90. The predicted molar refractivity (Wildman–Crippen MR) is 130 cm³/mol. The maximum atomic E-state index is 12.6. The van der Waals surface area contributed by atoms with Gasteiger partial charge in [-0.2, -0.15) is 0 Å². The van der Waals surface area contributed by atoms with Crippen molar-refractivity contribution in [2.75, 3.05) is 17.7 Å². The molecule has 5 heteroatoms.